The van der Waals surface area contributed by atoms with Crippen LogP contribution >= 0.6 is 0 Å². The lowest BCUT2D eigenvalue weighted by Gasteiger charge is -2.27. The zero-order chi connectivity index (χ0) is 80.3. The molecule has 5 saturated carbocycles. The quantitative estimate of drug-likeness (QED) is 0.114. The van der Waals surface area contributed by atoms with E-state index in [1.165, 1.54) is 195 Å². The Morgan fingerprint density at radius 1 is 0.174 bits per heavy atom. The third kappa shape index (κ3) is 23.2. The van der Waals surface area contributed by atoms with E-state index >= 15 is 0 Å². The molecule has 0 aliphatic heterocycles. The van der Waals surface area contributed by atoms with Crippen LogP contribution in [0.25, 0.3) is 77.9 Å². The Morgan fingerprint density at radius 3 is 0.548 bits per heavy atom. The van der Waals surface area contributed by atoms with Crippen LogP contribution in [0.2, 0.25) is 0 Å². The summed E-state index contributed by atoms with van der Waals surface area (Å²) < 4.78 is 44.0. The summed E-state index contributed by atoms with van der Waals surface area (Å²) in [6, 6.07) is 94.6. The number of benzene rings is 12. The number of hydrogen-bond donors (Lipinski definition) is 0. The van der Waals surface area contributed by atoms with Crippen molar-refractivity contribution in [1.29, 1.82) is 0 Å². The van der Waals surface area contributed by atoms with Gasteiger partial charge in [0.15, 0.2) is 0 Å². The molecule has 0 spiro atoms. The maximum atomic E-state index is 14.9. The summed E-state index contributed by atoms with van der Waals surface area (Å²) in [6.07, 6.45) is 26.5. The van der Waals surface area contributed by atoms with Crippen molar-refractivity contribution < 1.29 is 20.3 Å². The number of halogens is 3. The minimum Gasteiger partial charge on any atom is -0.206 e. The van der Waals surface area contributed by atoms with Crippen LogP contribution in [-0.2, 0) is 0 Å². The Bertz CT molecular complexity index is 4880. The molecule has 115 heavy (non-hydrogen) atoms. The lowest BCUT2D eigenvalue weighted by atomic mass is 9.79. The first-order valence-electron chi connectivity index (χ1n) is 43.9. The fourth-order valence-electron chi connectivity index (χ4n) is 18.3. The average molecular weight is 1540 g/mol. The maximum Gasteiger partial charge on any atom is 0.131 e. The Labute approximate surface area is 697 Å². The molecule has 0 bridgehead atoms. The van der Waals surface area contributed by atoms with Crippen molar-refractivity contribution in [3.05, 3.63) is 346 Å². The van der Waals surface area contributed by atoms with Gasteiger partial charge in [-0.1, -0.05) is 381 Å². The van der Waals surface area contributed by atoms with Crippen molar-refractivity contribution >= 4 is 0 Å². The summed E-state index contributed by atoms with van der Waals surface area (Å²) >= 11 is 0. The Kier molecular flexibility index (Phi) is 29.2. The van der Waals surface area contributed by atoms with Gasteiger partial charge in [0.25, 0.3) is 0 Å². The fourth-order valence-corrected chi connectivity index (χ4v) is 18.3. The van der Waals surface area contributed by atoms with Crippen molar-refractivity contribution in [1.82, 2.24) is 0 Å². The van der Waals surface area contributed by atoms with Crippen LogP contribution < -0.4 is 0 Å². The maximum absolute atomic E-state index is 14.9. The van der Waals surface area contributed by atoms with Gasteiger partial charge in [-0.3, -0.25) is 0 Å². The van der Waals surface area contributed by atoms with Crippen molar-refractivity contribution in [3.63, 3.8) is 0 Å². The molecule has 0 aromatic heterocycles. The van der Waals surface area contributed by atoms with Crippen molar-refractivity contribution in [2.75, 3.05) is 0 Å². The van der Waals surface area contributed by atoms with E-state index in [1.807, 2.05) is 124 Å². The van der Waals surface area contributed by atoms with Gasteiger partial charge in [0.2, 0.25) is 0 Å². The van der Waals surface area contributed by atoms with Gasteiger partial charge in [-0.15, -0.1) is 0 Å². The van der Waals surface area contributed by atoms with Crippen LogP contribution in [-0.4, -0.2) is 0 Å². The fraction of sp³-hybridized carbons (Fsp3) is 0.357. The highest BCUT2D eigenvalue weighted by molar-refractivity contribution is 5.74. The second kappa shape index (κ2) is 40.3. The standard InChI is InChI=1S/C26H27F.C26H33F.C26H34.C20H17F.C14H14.5H2/c1-18-3-7-20(8-4-18)21-11-13-22(14-12-21)24-15-16-25(26(27)17-24)23-9-5-19(2)6-10-23;1-18-3-7-20(8-4-18)21-11-13-23(14-12-21)25-16-15-24(17-26(25)27)22-9-5-19(2)6-10-22;1-19-3-7-21(8-4-19)23-11-15-25(16-12-23)26-17-13-24(14-18-26)22-9-5-20(2)6-10-22;1-14-3-7-16(8-4-14)18-11-12-19(20(21)13-18)17-9-5-15(2)6-10-17;1-11-3-7-13(8-4-11)14-9-5-12(2)6-10-14;;;;;/h5-6,9-18,20H,3-4,7-8H2,1-2H3;11-20,22H,3-10H2,1-2H3;11-22H,3-10H2,1-2H3;3-13H,1-2H3;3-10H,1-2H3;5*1H. The molecule has 17 rings (SSSR count). The third-order valence-corrected chi connectivity index (χ3v) is 26.5. The molecule has 0 atom stereocenters. The van der Waals surface area contributed by atoms with Crippen LogP contribution in [0.3, 0.4) is 0 Å². The smallest absolute Gasteiger partial charge is 0.131 e. The topological polar surface area (TPSA) is 0 Å². The van der Waals surface area contributed by atoms with Crippen molar-refractivity contribution in [2.24, 2.45) is 29.6 Å². The van der Waals surface area contributed by atoms with Gasteiger partial charge >= 0.3 is 0 Å². The third-order valence-electron chi connectivity index (χ3n) is 26.5. The van der Waals surface area contributed by atoms with Crippen molar-refractivity contribution in [2.45, 2.75) is 227 Å². The van der Waals surface area contributed by atoms with Crippen LogP contribution in [0, 0.1) is 81.7 Å². The van der Waals surface area contributed by atoms with E-state index in [0.717, 1.165) is 85.9 Å². The summed E-state index contributed by atoms with van der Waals surface area (Å²) in [6.45, 7) is 22.2. The molecule has 604 valence electrons. The minimum absolute atomic E-state index is 0. The van der Waals surface area contributed by atoms with Gasteiger partial charge in [-0.05, 0) is 265 Å². The SMILES string of the molecule is CC1CCC(c2ccc(-c3ccc(C4CCC(C)CC4)cc3)cc2)CC1.CC1CCC(c2ccc(-c3ccc(C4CCC(C)CC4)cc3F)cc2)CC1.Cc1ccc(-c2ccc(-c3ccc(C)cc3)c(F)c2)cc1.Cc1ccc(-c2ccc(-c3ccc(C4CCC(C)CC4)cc3)cc2F)cc1.Cc1ccc(-c2ccc(C)cc2)cc1.[HH].[HH].[HH].[HH].[HH]. The molecule has 12 aromatic carbocycles. The highest BCUT2D eigenvalue weighted by atomic mass is 19.1. The molecule has 0 heterocycles. The number of hydrogen-bond acceptors (Lipinski definition) is 0. The zero-order valence-corrected chi connectivity index (χ0v) is 70.5. The summed E-state index contributed by atoms with van der Waals surface area (Å²) in [4.78, 5) is 0. The molecule has 5 fully saturated rings. The largest absolute Gasteiger partial charge is 0.206 e. The van der Waals surface area contributed by atoms with Gasteiger partial charge in [0.1, 0.15) is 17.5 Å². The van der Waals surface area contributed by atoms with E-state index in [9.17, 15) is 13.2 Å². The van der Waals surface area contributed by atoms with Crippen LogP contribution in [0.1, 0.15) is 255 Å². The molecule has 0 saturated heterocycles. The van der Waals surface area contributed by atoms with Crippen LogP contribution in [0.5, 0.6) is 0 Å². The highest BCUT2D eigenvalue weighted by Gasteiger charge is 2.26. The monoisotopic (exact) mass is 1540 g/mol. The molecule has 0 nitrogen and oxygen atoms in total. The molecule has 0 N–H and O–H groups in total. The first kappa shape index (κ1) is 83.4. The van der Waals surface area contributed by atoms with Crippen LogP contribution in [0.4, 0.5) is 13.2 Å². The van der Waals surface area contributed by atoms with Gasteiger partial charge in [-0.25, -0.2) is 13.2 Å². The number of aryl methyl sites for hydroxylation is 5. The van der Waals surface area contributed by atoms with E-state index < -0.39 is 0 Å². The predicted molar refractivity (Wildman–Crippen MR) is 496 cm³/mol. The zero-order valence-electron chi connectivity index (χ0n) is 70.5. The first-order chi connectivity index (χ1) is 55.8. The summed E-state index contributed by atoms with van der Waals surface area (Å²) in [5, 5.41) is 0. The molecule has 5 aliphatic carbocycles. The lowest BCUT2D eigenvalue weighted by molar-refractivity contribution is 0.347. The normalized spacial score (nSPS) is 21.3. The van der Waals surface area contributed by atoms with Gasteiger partial charge < -0.3 is 0 Å². The molecule has 5 aliphatic rings. The highest BCUT2D eigenvalue weighted by Crippen LogP contribution is 2.43. The average Bonchev–Trinajstić information content (AvgIpc) is 0.822. The number of rotatable bonds is 12. The van der Waals surface area contributed by atoms with Gasteiger partial charge in [0.05, 0.1) is 0 Å². The predicted octanol–water partition coefficient (Wildman–Crippen LogP) is 34.8. The van der Waals surface area contributed by atoms with Crippen molar-refractivity contribution in [3.8, 4) is 77.9 Å². The molecular formula is C112H135F3. The van der Waals surface area contributed by atoms with E-state index in [4.69, 9.17) is 0 Å². The summed E-state index contributed by atoms with van der Waals surface area (Å²) in [5.41, 5.74) is 27.5. The molecule has 0 amide bonds. The summed E-state index contributed by atoms with van der Waals surface area (Å²) in [7, 11) is 0. The molecule has 0 radical (unpaired) electrons. The first-order valence-corrected chi connectivity index (χ1v) is 43.9. The van der Waals surface area contributed by atoms with E-state index in [-0.39, 0.29) is 24.6 Å². The second-order valence-electron chi connectivity index (χ2n) is 35.7. The van der Waals surface area contributed by atoms with Crippen LogP contribution in [0.15, 0.2) is 273 Å². The van der Waals surface area contributed by atoms with Gasteiger partial charge in [-0.2, -0.15) is 0 Å². The van der Waals surface area contributed by atoms with E-state index in [0.29, 0.717) is 28.9 Å². The van der Waals surface area contributed by atoms with E-state index in [2.05, 4.69) is 200 Å². The molecule has 12 aromatic rings. The second-order valence-corrected chi connectivity index (χ2v) is 35.7. The minimum atomic E-state index is -0.183. The van der Waals surface area contributed by atoms with E-state index in [1.54, 1.807) is 29.3 Å². The Balaban J connectivity index is 0.000000187. The summed E-state index contributed by atoms with van der Waals surface area (Å²) in [5.74, 6) is 7.52. The van der Waals surface area contributed by atoms with Gasteiger partial charge in [0, 0.05) is 23.8 Å². The molecule has 0 unspecified atom stereocenters. The Hall–Kier alpha value is -9.57. The Morgan fingerprint density at radius 2 is 0.330 bits per heavy atom. The lowest BCUT2D eigenvalue weighted by Crippen LogP contribution is -2.11. The molecule has 3 heteroatoms. The molecular weight excluding hydrogens is 1400 g/mol.